The molecule has 0 N–H and O–H groups in total. The second-order valence-corrected chi connectivity index (χ2v) is 8.35. The maximum absolute atomic E-state index is 14.5. The largest absolute Gasteiger partial charge is 0.426 e. The lowest BCUT2D eigenvalue weighted by Gasteiger charge is -2.26. The minimum absolute atomic E-state index is 0.110. The molecule has 31 heavy (non-hydrogen) atoms. The summed E-state index contributed by atoms with van der Waals surface area (Å²) in [6.07, 6.45) is 8.04. The predicted molar refractivity (Wildman–Crippen MR) is 118 cm³/mol. The highest BCUT2D eigenvalue weighted by Crippen LogP contribution is 2.32. The summed E-state index contributed by atoms with van der Waals surface area (Å²) in [7, 11) is 0. The lowest BCUT2D eigenvalue weighted by atomic mass is 9.80. The molecule has 0 aliphatic heterocycles. The molecule has 0 bridgehead atoms. The first-order valence-electron chi connectivity index (χ1n) is 11.3. The molecule has 0 unspecified atom stereocenters. The Morgan fingerprint density at radius 2 is 1.58 bits per heavy atom. The second kappa shape index (κ2) is 11.1. The van der Waals surface area contributed by atoms with Crippen LogP contribution in [0.25, 0.3) is 0 Å². The summed E-state index contributed by atoms with van der Waals surface area (Å²) >= 11 is 0. The van der Waals surface area contributed by atoms with Gasteiger partial charge in [-0.2, -0.15) is 0 Å². The Morgan fingerprint density at radius 3 is 2.19 bits per heavy atom. The van der Waals surface area contributed by atoms with Gasteiger partial charge >= 0.3 is 11.9 Å². The van der Waals surface area contributed by atoms with Gasteiger partial charge in [0.25, 0.3) is 0 Å². The lowest BCUT2D eigenvalue weighted by Crippen LogP contribution is -2.25. The summed E-state index contributed by atoms with van der Waals surface area (Å²) in [5.74, 6) is -0.859. The number of benzene rings is 2. The van der Waals surface area contributed by atoms with Crippen molar-refractivity contribution in [2.45, 2.75) is 65.2 Å². The van der Waals surface area contributed by atoms with Crippen LogP contribution in [-0.4, -0.2) is 11.9 Å². The molecule has 2 aromatic rings. The van der Waals surface area contributed by atoms with Gasteiger partial charge in [-0.3, -0.25) is 4.79 Å². The number of rotatable bonds is 8. The van der Waals surface area contributed by atoms with E-state index in [0.29, 0.717) is 11.7 Å². The van der Waals surface area contributed by atoms with Crippen molar-refractivity contribution in [1.29, 1.82) is 0 Å². The molecule has 5 heteroatoms. The Bertz CT molecular complexity index is 883. The molecule has 1 fully saturated rings. The third-order valence-electron chi connectivity index (χ3n) is 5.93. The summed E-state index contributed by atoms with van der Waals surface area (Å²) in [4.78, 5) is 24.8. The molecular weight excluding hydrogens is 395 g/mol. The second-order valence-electron chi connectivity index (χ2n) is 8.35. The van der Waals surface area contributed by atoms with Crippen LogP contribution in [0.1, 0.15) is 74.7 Å². The van der Waals surface area contributed by atoms with Crippen molar-refractivity contribution in [3.05, 3.63) is 59.4 Å². The number of esters is 2. The lowest BCUT2D eigenvalue weighted by molar-refractivity contribution is -0.140. The van der Waals surface area contributed by atoms with E-state index in [0.717, 1.165) is 56.6 Å². The van der Waals surface area contributed by atoms with Crippen molar-refractivity contribution in [2.75, 3.05) is 0 Å². The van der Waals surface area contributed by atoms with Gasteiger partial charge in [-0.25, -0.2) is 9.18 Å². The summed E-state index contributed by atoms with van der Waals surface area (Å²) in [5, 5.41) is 0. The molecule has 0 saturated heterocycles. The van der Waals surface area contributed by atoms with Gasteiger partial charge in [0.2, 0.25) is 0 Å². The molecule has 0 aromatic heterocycles. The average Bonchev–Trinajstić information content (AvgIpc) is 2.76. The van der Waals surface area contributed by atoms with E-state index in [1.807, 2.05) is 12.1 Å². The van der Waals surface area contributed by atoms with Gasteiger partial charge in [0.05, 0.1) is 11.5 Å². The molecule has 1 aliphatic carbocycles. The van der Waals surface area contributed by atoms with E-state index in [9.17, 15) is 14.0 Å². The maximum Gasteiger partial charge on any atom is 0.346 e. The Balaban J connectivity index is 1.56. The van der Waals surface area contributed by atoms with Crippen molar-refractivity contribution >= 4 is 11.9 Å². The first-order valence-corrected chi connectivity index (χ1v) is 11.3. The fourth-order valence-corrected chi connectivity index (χ4v) is 4.19. The van der Waals surface area contributed by atoms with Gasteiger partial charge in [0, 0.05) is 6.07 Å². The Hall–Kier alpha value is -2.69. The van der Waals surface area contributed by atoms with Gasteiger partial charge in [-0.15, -0.1) is 0 Å². The number of ether oxygens (including phenoxy) is 2. The summed E-state index contributed by atoms with van der Waals surface area (Å²) < 4.78 is 25.2. The van der Waals surface area contributed by atoms with Gasteiger partial charge in [0.15, 0.2) is 0 Å². The highest BCUT2D eigenvalue weighted by atomic mass is 19.1. The highest BCUT2D eigenvalue weighted by molar-refractivity contribution is 5.91. The third-order valence-corrected chi connectivity index (χ3v) is 5.93. The van der Waals surface area contributed by atoms with Crippen molar-refractivity contribution in [3.63, 3.8) is 0 Å². The van der Waals surface area contributed by atoms with E-state index in [2.05, 4.69) is 13.8 Å². The van der Waals surface area contributed by atoms with Crippen LogP contribution in [0.5, 0.6) is 11.5 Å². The van der Waals surface area contributed by atoms with Crippen LogP contribution in [-0.2, 0) is 11.2 Å². The third kappa shape index (κ3) is 6.39. The van der Waals surface area contributed by atoms with E-state index in [-0.39, 0.29) is 23.2 Å². The normalized spacial score (nSPS) is 18.4. The summed E-state index contributed by atoms with van der Waals surface area (Å²) in [6.45, 7) is 4.27. The Labute approximate surface area is 183 Å². The van der Waals surface area contributed by atoms with Crippen LogP contribution < -0.4 is 9.47 Å². The first-order chi connectivity index (χ1) is 15.0. The molecular formula is C26H31FO4. The fraction of sp³-hybridized carbons (Fsp3) is 0.462. The molecule has 2 aromatic carbocycles. The summed E-state index contributed by atoms with van der Waals surface area (Å²) in [6, 6.07) is 11.0. The van der Waals surface area contributed by atoms with E-state index < -0.39 is 11.8 Å². The number of carbonyl (C=O) groups excluding carboxylic acids is 2. The number of hydrogen-bond donors (Lipinski definition) is 0. The molecule has 0 radical (unpaired) electrons. The Kier molecular flexibility index (Phi) is 8.21. The van der Waals surface area contributed by atoms with Gasteiger partial charge in [-0.05, 0) is 67.9 Å². The number of hydrogen-bond acceptors (Lipinski definition) is 4. The first kappa shape index (κ1) is 23.0. The van der Waals surface area contributed by atoms with E-state index in [1.165, 1.54) is 18.6 Å². The molecule has 4 nitrogen and oxygen atoms in total. The van der Waals surface area contributed by atoms with Crippen LogP contribution in [0.3, 0.4) is 0 Å². The van der Waals surface area contributed by atoms with Crippen LogP contribution in [0.4, 0.5) is 4.39 Å². The van der Waals surface area contributed by atoms with Gasteiger partial charge in [0.1, 0.15) is 17.3 Å². The van der Waals surface area contributed by atoms with Gasteiger partial charge in [-0.1, -0.05) is 45.2 Å². The quantitative estimate of drug-likeness (QED) is 0.357. The van der Waals surface area contributed by atoms with Crippen LogP contribution >= 0.6 is 0 Å². The van der Waals surface area contributed by atoms with E-state index >= 15 is 0 Å². The highest BCUT2D eigenvalue weighted by Gasteiger charge is 2.27. The smallest absolute Gasteiger partial charge is 0.346 e. The van der Waals surface area contributed by atoms with E-state index in [1.54, 1.807) is 12.1 Å². The number of halogens is 1. The van der Waals surface area contributed by atoms with Crippen molar-refractivity contribution in [3.8, 4) is 11.5 Å². The predicted octanol–water partition coefficient (Wildman–Crippen LogP) is 6.51. The standard InChI is InChI=1S/C26H31FO4/c1-3-5-18-7-11-20(12-8-18)25(28)31-22-15-16-23(24(27)17-22)26(29)30-21-13-9-19(6-4-2)10-14-21/h9-10,13-18,20H,3-8,11-12H2,1-2H3. The molecule has 1 aliphatic rings. The molecule has 166 valence electrons. The van der Waals surface area contributed by atoms with Crippen molar-refractivity contribution in [1.82, 2.24) is 0 Å². The minimum atomic E-state index is -0.784. The molecule has 3 rings (SSSR count). The SMILES string of the molecule is CCCc1ccc(OC(=O)c2ccc(OC(=O)C3CCC(CCC)CC3)cc2F)cc1. The molecule has 0 heterocycles. The summed E-state index contributed by atoms with van der Waals surface area (Å²) in [5.41, 5.74) is 0.955. The molecule has 0 amide bonds. The number of aryl methyl sites for hydroxylation is 1. The zero-order chi connectivity index (χ0) is 22.2. The van der Waals surface area contributed by atoms with Crippen LogP contribution in [0, 0.1) is 17.7 Å². The fourth-order valence-electron chi connectivity index (χ4n) is 4.19. The maximum atomic E-state index is 14.5. The van der Waals surface area contributed by atoms with Crippen molar-refractivity contribution in [2.24, 2.45) is 11.8 Å². The van der Waals surface area contributed by atoms with Gasteiger partial charge < -0.3 is 9.47 Å². The Morgan fingerprint density at radius 1 is 0.903 bits per heavy atom. The molecule has 0 atom stereocenters. The van der Waals surface area contributed by atoms with E-state index in [4.69, 9.17) is 9.47 Å². The zero-order valence-corrected chi connectivity index (χ0v) is 18.4. The monoisotopic (exact) mass is 426 g/mol. The molecule has 1 saturated carbocycles. The van der Waals surface area contributed by atoms with Crippen LogP contribution in [0.2, 0.25) is 0 Å². The minimum Gasteiger partial charge on any atom is -0.426 e. The van der Waals surface area contributed by atoms with Crippen molar-refractivity contribution < 1.29 is 23.5 Å². The zero-order valence-electron chi connectivity index (χ0n) is 18.4. The average molecular weight is 427 g/mol. The van der Waals surface area contributed by atoms with Crippen LogP contribution in [0.15, 0.2) is 42.5 Å². The number of carbonyl (C=O) groups is 2. The topological polar surface area (TPSA) is 52.6 Å². The molecule has 0 spiro atoms.